The lowest BCUT2D eigenvalue weighted by atomic mass is 9.71. The van der Waals surface area contributed by atoms with Gasteiger partial charge in [0.15, 0.2) is 0 Å². The molecule has 1 aliphatic carbocycles. The molecule has 4 nitrogen and oxygen atoms in total. The first-order chi connectivity index (χ1) is 9.79. The van der Waals surface area contributed by atoms with Gasteiger partial charge < -0.3 is 9.47 Å². The van der Waals surface area contributed by atoms with Gasteiger partial charge in [0.1, 0.15) is 0 Å². The molecule has 0 spiro atoms. The standard InChI is InChI=1S/C16H24N2O2/c1-19-16(6-8-20-9-7-16)15(18-17)11-13-10-12-4-2-3-5-14(12)13/h2-5,13,15,18H,6-11,17H2,1H3. The van der Waals surface area contributed by atoms with E-state index < -0.39 is 0 Å². The van der Waals surface area contributed by atoms with Crippen LogP contribution in [0.3, 0.4) is 0 Å². The Morgan fingerprint density at radius 2 is 2.15 bits per heavy atom. The lowest BCUT2D eigenvalue weighted by molar-refractivity contribution is -0.113. The molecule has 4 heteroatoms. The van der Waals surface area contributed by atoms with Gasteiger partial charge in [-0.15, -0.1) is 0 Å². The van der Waals surface area contributed by atoms with Gasteiger partial charge in [-0.05, 0) is 29.9 Å². The van der Waals surface area contributed by atoms with Crippen molar-refractivity contribution in [2.75, 3.05) is 20.3 Å². The van der Waals surface area contributed by atoms with Gasteiger partial charge in [0.05, 0.1) is 11.6 Å². The fourth-order valence-corrected chi connectivity index (χ4v) is 3.70. The van der Waals surface area contributed by atoms with Crippen molar-refractivity contribution in [1.82, 2.24) is 5.43 Å². The summed E-state index contributed by atoms with van der Waals surface area (Å²) in [6, 6.07) is 8.87. The summed E-state index contributed by atoms with van der Waals surface area (Å²) in [5.74, 6) is 6.44. The summed E-state index contributed by atoms with van der Waals surface area (Å²) >= 11 is 0. The van der Waals surface area contributed by atoms with E-state index in [1.54, 1.807) is 7.11 Å². The van der Waals surface area contributed by atoms with Crippen LogP contribution in [0.5, 0.6) is 0 Å². The van der Waals surface area contributed by atoms with Gasteiger partial charge >= 0.3 is 0 Å². The van der Waals surface area contributed by atoms with Gasteiger partial charge in [-0.3, -0.25) is 11.3 Å². The molecular weight excluding hydrogens is 252 g/mol. The van der Waals surface area contributed by atoms with E-state index in [4.69, 9.17) is 15.3 Å². The van der Waals surface area contributed by atoms with Crippen LogP contribution >= 0.6 is 0 Å². The van der Waals surface area contributed by atoms with E-state index in [9.17, 15) is 0 Å². The number of ether oxygens (including phenoxy) is 2. The largest absolute Gasteiger partial charge is 0.381 e. The summed E-state index contributed by atoms with van der Waals surface area (Å²) in [6.07, 6.45) is 4.01. The second-order valence-electron chi connectivity index (χ2n) is 5.94. The number of methoxy groups -OCH3 is 1. The van der Waals surface area contributed by atoms with Crippen molar-refractivity contribution in [3.05, 3.63) is 35.4 Å². The number of nitrogens with one attached hydrogen (secondary N) is 1. The molecule has 110 valence electrons. The van der Waals surface area contributed by atoms with Crippen LogP contribution < -0.4 is 11.3 Å². The van der Waals surface area contributed by atoms with Crippen molar-refractivity contribution in [2.45, 2.75) is 43.2 Å². The Morgan fingerprint density at radius 3 is 2.80 bits per heavy atom. The van der Waals surface area contributed by atoms with Crippen molar-refractivity contribution in [3.63, 3.8) is 0 Å². The van der Waals surface area contributed by atoms with E-state index in [1.165, 1.54) is 11.1 Å². The average molecular weight is 276 g/mol. The zero-order chi connectivity index (χ0) is 14.0. The monoisotopic (exact) mass is 276 g/mol. The first-order valence-corrected chi connectivity index (χ1v) is 7.46. The highest BCUT2D eigenvalue weighted by Gasteiger charge is 2.42. The lowest BCUT2D eigenvalue weighted by Gasteiger charge is -2.44. The number of benzene rings is 1. The van der Waals surface area contributed by atoms with Crippen LogP contribution in [-0.2, 0) is 15.9 Å². The minimum Gasteiger partial charge on any atom is -0.381 e. The molecule has 2 unspecified atom stereocenters. The summed E-state index contributed by atoms with van der Waals surface area (Å²) in [5.41, 5.74) is 5.79. The minimum absolute atomic E-state index is 0.176. The lowest BCUT2D eigenvalue weighted by Crippen LogP contribution is -2.57. The van der Waals surface area contributed by atoms with E-state index >= 15 is 0 Å². The van der Waals surface area contributed by atoms with E-state index in [2.05, 4.69) is 29.7 Å². The molecular formula is C16H24N2O2. The Labute approximate surface area is 120 Å². The van der Waals surface area contributed by atoms with Crippen LogP contribution in [0, 0.1) is 0 Å². The van der Waals surface area contributed by atoms with Crippen molar-refractivity contribution in [1.29, 1.82) is 0 Å². The second kappa shape index (κ2) is 5.82. The molecule has 3 N–H and O–H groups in total. The number of hydrazine groups is 1. The van der Waals surface area contributed by atoms with Crippen molar-refractivity contribution in [3.8, 4) is 0 Å². The number of fused-ring (bicyclic) bond motifs is 1. The zero-order valence-electron chi connectivity index (χ0n) is 12.1. The topological polar surface area (TPSA) is 56.5 Å². The van der Waals surface area contributed by atoms with Gasteiger partial charge in [-0.1, -0.05) is 24.3 Å². The summed E-state index contributed by atoms with van der Waals surface area (Å²) in [7, 11) is 1.80. The smallest absolute Gasteiger partial charge is 0.0888 e. The number of hydrogen-bond donors (Lipinski definition) is 2. The molecule has 0 bridgehead atoms. The third-order valence-electron chi connectivity index (χ3n) is 5.06. The quantitative estimate of drug-likeness (QED) is 0.635. The second-order valence-corrected chi connectivity index (χ2v) is 5.94. The molecule has 1 aromatic rings. The Bertz CT molecular complexity index is 458. The minimum atomic E-state index is -0.183. The van der Waals surface area contributed by atoms with Crippen LogP contribution in [0.1, 0.15) is 36.3 Å². The highest BCUT2D eigenvalue weighted by atomic mass is 16.5. The molecule has 1 aliphatic heterocycles. The molecule has 0 saturated carbocycles. The third-order valence-corrected chi connectivity index (χ3v) is 5.06. The molecule has 0 radical (unpaired) electrons. The summed E-state index contributed by atoms with van der Waals surface area (Å²) in [4.78, 5) is 0. The van der Waals surface area contributed by atoms with Gasteiger partial charge in [-0.2, -0.15) is 0 Å². The van der Waals surface area contributed by atoms with Gasteiger partial charge in [-0.25, -0.2) is 0 Å². The number of nitrogens with two attached hydrogens (primary N) is 1. The Kier molecular flexibility index (Phi) is 4.08. The molecule has 2 atom stereocenters. The van der Waals surface area contributed by atoms with Crippen molar-refractivity contribution in [2.24, 2.45) is 5.84 Å². The fourth-order valence-electron chi connectivity index (χ4n) is 3.70. The van der Waals surface area contributed by atoms with Crippen LogP contribution in [0.4, 0.5) is 0 Å². The summed E-state index contributed by atoms with van der Waals surface area (Å²) < 4.78 is 11.3. The van der Waals surface area contributed by atoms with E-state index in [-0.39, 0.29) is 11.6 Å². The number of hydrogen-bond acceptors (Lipinski definition) is 4. The van der Waals surface area contributed by atoms with Gasteiger partial charge in [0.25, 0.3) is 0 Å². The highest BCUT2D eigenvalue weighted by Crippen LogP contribution is 2.41. The average Bonchev–Trinajstić information content (AvgIpc) is 2.49. The van der Waals surface area contributed by atoms with Crippen LogP contribution in [0.25, 0.3) is 0 Å². The SMILES string of the molecule is COC1(C(CC2Cc3ccccc32)NN)CCOCC1. The van der Waals surface area contributed by atoms with Crippen molar-refractivity contribution >= 4 is 0 Å². The van der Waals surface area contributed by atoms with Crippen LogP contribution in [0.2, 0.25) is 0 Å². The molecule has 1 aromatic carbocycles. The predicted octanol–water partition coefficient (Wildman–Crippen LogP) is 1.74. The summed E-state index contributed by atoms with van der Waals surface area (Å²) in [5, 5.41) is 0. The molecule has 20 heavy (non-hydrogen) atoms. The van der Waals surface area contributed by atoms with Gasteiger partial charge in [0, 0.05) is 33.2 Å². The Morgan fingerprint density at radius 1 is 1.40 bits per heavy atom. The predicted molar refractivity (Wildman–Crippen MR) is 78.4 cm³/mol. The first kappa shape index (κ1) is 14.0. The van der Waals surface area contributed by atoms with Crippen molar-refractivity contribution < 1.29 is 9.47 Å². The maximum atomic E-state index is 5.87. The normalized spacial score (nSPS) is 25.6. The molecule has 1 heterocycles. The molecule has 0 amide bonds. The molecule has 2 aliphatic rings. The molecule has 1 fully saturated rings. The maximum absolute atomic E-state index is 5.87. The zero-order valence-corrected chi connectivity index (χ0v) is 12.1. The fraction of sp³-hybridized carbons (Fsp3) is 0.625. The molecule has 3 rings (SSSR count). The highest BCUT2D eigenvalue weighted by molar-refractivity contribution is 5.40. The van der Waals surface area contributed by atoms with Gasteiger partial charge in [0.2, 0.25) is 0 Å². The molecule has 0 aromatic heterocycles. The van der Waals surface area contributed by atoms with E-state index in [1.807, 2.05) is 0 Å². The van der Waals surface area contributed by atoms with Crippen LogP contribution in [0.15, 0.2) is 24.3 Å². The Hall–Kier alpha value is -0.940. The van der Waals surface area contributed by atoms with Crippen LogP contribution in [-0.4, -0.2) is 32.0 Å². The van der Waals surface area contributed by atoms with E-state index in [0.29, 0.717) is 5.92 Å². The third kappa shape index (κ3) is 2.37. The van der Waals surface area contributed by atoms with E-state index in [0.717, 1.165) is 38.9 Å². The first-order valence-electron chi connectivity index (χ1n) is 7.46. The molecule has 1 saturated heterocycles. The summed E-state index contributed by atoms with van der Waals surface area (Å²) in [6.45, 7) is 1.51. The number of rotatable bonds is 5. The Balaban J connectivity index is 1.71. The maximum Gasteiger partial charge on any atom is 0.0888 e.